The minimum absolute atomic E-state index is 0.536. The molecule has 1 atom stereocenters. The molecule has 4 nitrogen and oxygen atoms in total. The Morgan fingerprint density at radius 3 is 2.89 bits per heavy atom. The molecule has 0 unspecified atom stereocenters. The molecule has 1 N–H and O–H groups in total. The van der Waals surface area contributed by atoms with Gasteiger partial charge in [-0.15, -0.1) is 0 Å². The summed E-state index contributed by atoms with van der Waals surface area (Å²) in [6, 6.07) is 0.536. The first-order chi connectivity index (χ1) is 8.77. The van der Waals surface area contributed by atoms with E-state index in [-0.39, 0.29) is 0 Å². The van der Waals surface area contributed by atoms with Crippen LogP contribution in [0.15, 0.2) is 0 Å². The minimum Gasteiger partial charge on any atom is -0.370 e. The van der Waals surface area contributed by atoms with Gasteiger partial charge in [0, 0.05) is 19.2 Å². The van der Waals surface area contributed by atoms with Gasteiger partial charge in [-0.2, -0.15) is 5.10 Å². The predicted molar refractivity (Wildman–Crippen MR) is 73.9 cm³/mol. The maximum Gasteiger partial charge on any atom is 0.127 e. The van der Waals surface area contributed by atoms with Crippen LogP contribution in [0.4, 0.5) is 5.82 Å². The molecular formula is C14H24N4. The van der Waals surface area contributed by atoms with E-state index in [1.165, 1.54) is 62.1 Å². The molecule has 2 aliphatic heterocycles. The first-order valence-electron chi connectivity index (χ1n) is 7.27. The van der Waals surface area contributed by atoms with Crippen molar-refractivity contribution in [3.05, 3.63) is 11.3 Å². The van der Waals surface area contributed by atoms with Crippen molar-refractivity contribution in [1.29, 1.82) is 0 Å². The number of piperidine rings is 1. The van der Waals surface area contributed by atoms with Crippen LogP contribution in [0.3, 0.4) is 0 Å². The lowest BCUT2D eigenvalue weighted by atomic mass is 9.96. The molecule has 0 saturated carbocycles. The Morgan fingerprint density at radius 1 is 1.17 bits per heavy atom. The zero-order valence-corrected chi connectivity index (χ0v) is 11.6. The van der Waals surface area contributed by atoms with E-state index in [1.54, 1.807) is 0 Å². The third kappa shape index (κ3) is 2.03. The Morgan fingerprint density at radius 2 is 2.06 bits per heavy atom. The van der Waals surface area contributed by atoms with Crippen LogP contribution < -0.4 is 5.32 Å². The highest BCUT2D eigenvalue weighted by Gasteiger charge is 2.28. The smallest absolute Gasteiger partial charge is 0.127 e. The zero-order chi connectivity index (χ0) is 12.5. The molecule has 2 aliphatic rings. The van der Waals surface area contributed by atoms with Crippen molar-refractivity contribution in [2.45, 2.75) is 44.6 Å². The average molecular weight is 248 g/mol. The average Bonchev–Trinajstić information content (AvgIpc) is 2.56. The lowest BCUT2D eigenvalue weighted by molar-refractivity contribution is 0.182. The van der Waals surface area contributed by atoms with Crippen LogP contribution in [0.25, 0.3) is 0 Å². The van der Waals surface area contributed by atoms with Crippen molar-refractivity contribution in [3.8, 4) is 0 Å². The van der Waals surface area contributed by atoms with Gasteiger partial charge in [-0.3, -0.25) is 9.58 Å². The van der Waals surface area contributed by atoms with Crippen LogP contribution >= 0.6 is 0 Å². The van der Waals surface area contributed by atoms with Crippen molar-refractivity contribution in [3.63, 3.8) is 0 Å². The van der Waals surface area contributed by atoms with E-state index in [0.717, 1.165) is 6.54 Å². The normalized spacial score (nSPS) is 25.3. The zero-order valence-electron chi connectivity index (χ0n) is 11.6. The van der Waals surface area contributed by atoms with Crippen LogP contribution in [0, 0.1) is 0 Å². The van der Waals surface area contributed by atoms with E-state index in [4.69, 9.17) is 5.10 Å². The number of aryl methyl sites for hydroxylation is 1. The lowest BCUT2D eigenvalue weighted by Crippen LogP contribution is -2.30. The molecule has 0 spiro atoms. The molecule has 0 bridgehead atoms. The van der Waals surface area contributed by atoms with Crippen LogP contribution in [0.2, 0.25) is 0 Å². The Bertz CT molecular complexity index is 424. The fraction of sp³-hybridized carbons (Fsp3) is 0.786. The van der Waals surface area contributed by atoms with Crippen LogP contribution in [-0.2, 0) is 13.5 Å². The Labute approximate surface area is 109 Å². The van der Waals surface area contributed by atoms with Gasteiger partial charge in [0.25, 0.3) is 0 Å². The molecule has 1 aromatic rings. The van der Waals surface area contributed by atoms with Gasteiger partial charge in [-0.25, -0.2) is 0 Å². The van der Waals surface area contributed by atoms with Gasteiger partial charge in [-0.05, 0) is 45.7 Å². The summed E-state index contributed by atoms with van der Waals surface area (Å²) in [6.45, 7) is 2.30. The number of anilines is 1. The van der Waals surface area contributed by atoms with Crippen molar-refractivity contribution in [1.82, 2.24) is 14.7 Å². The first-order valence-corrected chi connectivity index (χ1v) is 7.27. The van der Waals surface area contributed by atoms with Gasteiger partial charge in [0.05, 0.1) is 11.7 Å². The predicted octanol–water partition coefficient (Wildman–Crippen LogP) is 2.33. The van der Waals surface area contributed by atoms with E-state index in [9.17, 15) is 0 Å². The third-order valence-electron chi connectivity index (χ3n) is 4.41. The van der Waals surface area contributed by atoms with Crippen molar-refractivity contribution < 1.29 is 0 Å². The topological polar surface area (TPSA) is 33.1 Å². The Balaban J connectivity index is 1.96. The SMILES string of the molecule is CN1CCCC[C@H]1c1nn(C)c2c1CCCCN2. The number of nitrogens with zero attached hydrogens (tertiary/aromatic N) is 3. The fourth-order valence-electron chi connectivity index (χ4n) is 3.38. The lowest BCUT2D eigenvalue weighted by Gasteiger charge is -2.31. The molecule has 3 rings (SSSR count). The molecule has 1 aromatic heterocycles. The molecule has 0 aliphatic carbocycles. The third-order valence-corrected chi connectivity index (χ3v) is 4.41. The molecule has 1 saturated heterocycles. The van der Waals surface area contributed by atoms with Gasteiger partial charge in [0.2, 0.25) is 0 Å². The number of likely N-dealkylation sites (tertiary alicyclic amines) is 1. The Kier molecular flexibility index (Phi) is 3.29. The largest absolute Gasteiger partial charge is 0.370 e. The maximum atomic E-state index is 4.82. The van der Waals surface area contributed by atoms with Crippen molar-refractivity contribution in [2.75, 3.05) is 25.5 Å². The summed E-state index contributed by atoms with van der Waals surface area (Å²) in [5.41, 5.74) is 2.82. The standard InChI is InChI=1S/C14H24N4/c1-17-10-6-4-8-12(17)13-11-7-3-5-9-15-14(11)18(2)16-13/h12,15H,3-10H2,1-2H3/t12-/m0/s1. The van der Waals surface area contributed by atoms with Gasteiger partial charge in [0.1, 0.15) is 5.82 Å². The van der Waals surface area contributed by atoms with Gasteiger partial charge in [0.15, 0.2) is 0 Å². The summed E-state index contributed by atoms with van der Waals surface area (Å²) in [4.78, 5) is 2.48. The molecule has 100 valence electrons. The van der Waals surface area contributed by atoms with Gasteiger partial charge >= 0.3 is 0 Å². The molecule has 0 amide bonds. The molecule has 0 aromatic carbocycles. The van der Waals surface area contributed by atoms with E-state index < -0.39 is 0 Å². The monoisotopic (exact) mass is 248 g/mol. The van der Waals surface area contributed by atoms with Crippen LogP contribution in [0.5, 0.6) is 0 Å². The number of hydrogen-bond donors (Lipinski definition) is 1. The summed E-state index contributed by atoms with van der Waals surface area (Å²) in [5.74, 6) is 1.27. The van der Waals surface area contributed by atoms with Gasteiger partial charge < -0.3 is 5.32 Å². The van der Waals surface area contributed by atoms with Crippen LogP contribution in [-0.4, -0.2) is 34.8 Å². The highest BCUT2D eigenvalue weighted by Crippen LogP contribution is 2.35. The summed E-state index contributed by atoms with van der Waals surface area (Å²) >= 11 is 0. The summed E-state index contributed by atoms with van der Waals surface area (Å²) in [6.07, 6.45) is 7.69. The van der Waals surface area contributed by atoms with E-state index in [2.05, 4.69) is 29.0 Å². The maximum absolute atomic E-state index is 4.82. The van der Waals surface area contributed by atoms with E-state index in [1.807, 2.05) is 0 Å². The summed E-state index contributed by atoms with van der Waals surface area (Å²) in [5, 5.41) is 8.37. The second-order valence-corrected chi connectivity index (χ2v) is 5.71. The minimum atomic E-state index is 0.536. The molecule has 18 heavy (non-hydrogen) atoms. The Hall–Kier alpha value is -1.03. The number of nitrogens with one attached hydrogen (secondary N) is 1. The number of aromatic nitrogens is 2. The summed E-state index contributed by atoms with van der Waals surface area (Å²) in [7, 11) is 4.32. The number of fused-ring (bicyclic) bond motifs is 1. The summed E-state index contributed by atoms with van der Waals surface area (Å²) < 4.78 is 2.05. The number of rotatable bonds is 1. The van der Waals surface area contributed by atoms with Crippen molar-refractivity contribution in [2.24, 2.45) is 7.05 Å². The molecule has 0 radical (unpaired) electrons. The first kappa shape index (κ1) is 12.0. The molecular weight excluding hydrogens is 224 g/mol. The highest BCUT2D eigenvalue weighted by molar-refractivity contribution is 5.49. The van der Waals surface area contributed by atoms with Gasteiger partial charge in [-0.1, -0.05) is 6.42 Å². The van der Waals surface area contributed by atoms with E-state index >= 15 is 0 Å². The van der Waals surface area contributed by atoms with E-state index in [0.29, 0.717) is 6.04 Å². The molecule has 4 heteroatoms. The van der Waals surface area contributed by atoms with Crippen molar-refractivity contribution >= 4 is 5.82 Å². The fourth-order valence-corrected chi connectivity index (χ4v) is 3.38. The highest BCUT2D eigenvalue weighted by atomic mass is 15.3. The second kappa shape index (κ2) is 4.92. The quantitative estimate of drug-likeness (QED) is 0.828. The second-order valence-electron chi connectivity index (χ2n) is 5.71. The molecule has 1 fully saturated rings. The number of hydrogen-bond acceptors (Lipinski definition) is 3. The van der Waals surface area contributed by atoms with Crippen LogP contribution in [0.1, 0.15) is 49.4 Å². The molecule has 3 heterocycles.